The number of imidazole rings is 1. The first-order chi connectivity index (χ1) is 25.1. The van der Waals surface area contributed by atoms with Crippen molar-refractivity contribution in [1.29, 1.82) is 0 Å². The van der Waals surface area contributed by atoms with Crippen LogP contribution in [0.1, 0.15) is 33.6 Å². The number of nitrogens with zero attached hydrogens (tertiary/aromatic N) is 3. The Morgan fingerprint density at radius 3 is 1.86 bits per heavy atom. The molecule has 0 radical (unpaired) electrons. The van der Waals surface area contributed by atoms with Crippen LogP contribution in [-0.2, 0) is 5.41 Å². The maximum Gasteiger partial charge on any atom is 0.146 e. The summed E-state index contributed by atoms with van der Waals surface area (Å²) in [5.74, 6) is 0.885. The molecule has 0 fully saturated rings. The zero-order chi connectivity index (χ0) is 34.1. The molecule has 2 aliphatic rings. The molecule has 3 nitrogen and oxygen atoms in total. The molecule has 0 amide bonds. The second-order valence-electron chi connectivity index (χ2n) is 13.4. The zero-order valence-corrected chi connectivity index (χ0v) is 29.2. The summed E-state index contributed by atoms with van der Waals surface area (Å²) < 4.78 is 2.27. The van der Waals surface area contributed by atoms with Crippen molar-refractivity contribution >= 4 is 11.8 Å². The molecule has 1 spiro atoms. The lowest BCUT2D eigenvalue weighted by Crippen LogP contribution is -2.31. The third-order valence-electron chi connectivity index (χ3n) is 10.6. The Morgan fingerprint density at radius 1 is 0.510 bits per heavy atom. The largest absolute Gasteiger partial charge is 0.292 e. The molecule has 0 saturated carbocycles. The second-order valence-corrected chi connectivity index (χ2v) is 14.5. The van der Waals surface area contributed by atoms with Gasteiger partial charge in [-0.15, -0.1) is 0 Å². The van der Waals surface area contributed by atoms with E-state index >= 15 is 0 Å². The number of rotatable bonds is 4. The van der Waals surface area contributed by atoms with Crippen LogP contribution < -0.4 is 0 Å². The Labute approximate surface area is 302 Å². The number of aromatic nitrogens is 3. The molecule has 2 aromatic heterocycles. The summed E-state index contributed by atoms with van der Waals surface area (Å²) in [6.45, 7) is 4.09. The molecule has 0 unspecified atom stereocenters. The van der Waals surface area contributed by atoms with Crippen molar-refractivity contribution in [3.05, 3.63) is 198 Å². The summed E-state index contributed by atoms with van der Waals surface area (Å²) in [4.78, 5) is 12.4. The van der Waals surface area contributed by atoms with Crippen LogP contribution in [0.3, 0.4) is 0 Å². The summed E-state index contributed by atoms with van der Waals surface area (Å²) in [7, 11) is 0. The molecule has 6 aromatic carbocycles. The van der Waals surface area contributed by atoms with Crippen molar-refractivity contribution in [2.45, 2.75) is 29.1 Å². The summed E-state index contributed by atoms with van der Waals surface area (Å²) in [6.07, 6.45) is 1.98. The van der Waals surface area contributed by atoms with Gasteiger partial charge in [0.25, 0.3) is 0 Å². The minimum atomic E-state index is -0.392. The Morgan fingerprint density at radius 2 is 1.14 bits per heavy atom. The van der Waals surface area contributed by atoms with E-state index in [4.69, 9.17) is 9.97 Å². The van der Waals surface area contributed by atoms with E-state index in [0.29, 0.717) is 0 Å². The fraction of sp³-hybridized carbons (Fsp3) is 0.0638. The van der Waals surface area contributed by atoms with Crippen LogP contribution in [0.4, 0.5) is 0 Å². The van der Waals surface area contributed by atoms with E-state index in [1.165, 1.54) is 54.3 Å². The summed E-state index contributed by atoms with van der Waals surface area (Å²) in [6, 6.07) is 57.6. The van der Waals surface area contributed by atoms with E-state index in [0.717, 1.165) is 39.7 Å². The smallest absolute Gasteiger partial charge is 0.146 e. The van der Waals surface area contributed by atoms with Crippen molar-refractivity contribution in [3.63, 3.8) is 0 Å². The van der Waals surface area contributed by atoms with E-state index in [9.17, 15) is 0 Å². The van der Waals surface area contributed by atoms with Gasteiger partial charge in [-0.25, -0.2) is 4.98 Å². The number of hydrogen-bond acceptors (Lipinski definition) is 3. The van der Waals surface area contributed by atoms with Gasteiger partial charge in [-0.1, -0.05) is 133 Å². The van der Waals surface area contributed by atoms with Gasteiger partial charge in [0.05, 0.1) is 17.3 Å². The quantitative estimate of drug-likeness (QED) is 0.187. The maximum atomic E-state index is 4.99. The Balaban J connectivity index is 1.17. The number of hydrogen-bond donors (Lipinski definition) is 0. The van der Waals surface area contributed by atoms with E-state index in [-0.39, 0.29) is 0 Å². The lowest BCUT2D eigenvalue weighted by molar-refractivity contribution is 0.722. The first kappa shape index (κ1) is 29.9. The van der Waals surface area contributed by atoms with Crippen LogP contribution in [0.5, 0.6) is 0 Å². The second kappa shape index (κ2) is 11.5. The molecule has 1 aliphatic carbocycles. The highest BCUT2D eigenvalue weighted by Crippen LogP contribution is 2.63. The third-order valence-corrected chi connectivity index (χ3v) is 11.8. The Bertz CT molecular complexity index is 2590. The van der Waals surface area contributed by atoms with E-state index < -0.39 is 5.41 Å². The topological polar surface area (TPSA) is 30.7 Å². The molecule has 242 valence electrons. The highest BCUT2D eigenvalue weighted by molar-refractivity contribution is 7.99. The van der Waals surface area contributed by atoms with E-state index in [1.54, 1.807) is 0 Å². The van der Waals surface area contributed by atoms with Crippen molar-refractivity contribution in [3.8, 4) is 50.6 Å². The highest BCUT2D eigenvalue weighted by Gasteiger charge is 2.50. The van der Waals surface area contributed by atoms with Crippen LogP contribution in [0.2, 0.25) is 0 Å². The van der Waals surface area contributed by atoms with Crippen LogP contribution in [0, 0.1) is 13.8 Å². The molecule has 51 heavy (non-hydrogen) atoms. The van der Waals surface area contributed by atoms with E-state index in [1.807, 2.05) is 24.9 Å². The minimum Gasteiger partial charge on any atom is -0.292 e. The van der Waals surface area contributed by atoms with Gasteiger partial charge in [0.15, 0.2) is 0 Å². The first-order valence-corrected chi connectivity index (χ1v) is 18.2. The van der Waals surface area contributed by atoms with Gasteiger partial charge >= 0.3 is 0 Å². The Hall–Kier alpha value is -5.97. The average Bonchev–Trinajstić information content (AvgIpc) is 3.74. The van der Waals surface area contributed by atoms with Gasteiger partial charge in [0.1, 0.15) is 5.82 Å². The average molecular weight is 672 g/mol. The SMILES string of the molecule is Cc1ccc(-c2ncc(-c3ccccc3)n2-c2ccc(-c3cccc4c3-c3ccccc3C43c4ccccc4Sc4ccccc43)cc2)c(C)n1. The molecule has 0 atom stereocenters. The molecule has 0 bridgehead atoms. The van der Waals surface area contributed by atoms with E-state index in [2.05, 4.69) is 169 Å². The van der Waals surface area contributed by atoms with Crippen LogP contribution in [0.15, 0.2) is 174 Å². The Kier molecular flexibility index (Phi) is 6.77. The van der Waals surface area contributed by atoms with Gasteiger partial charge in [0.2, 0.25) is 0 Å². The fourth-order valence-corrected chi connectivity index (χ4v) is 9.66. The molecule has 3 heterocycles. The normalized spacial score (nSPS) is 13.4. The molecular weight excluding hydrogens is 639 g/mol. The zero-order valence-electron chi connectivity index (χ0n) is 28.3. The van der Waals surface area contributed by atoms with Crippen LogP contribution >= 0.6 is 11.8 Å². The predicted octanol–water partition coefficient (Wildman–Crippen LogP) is 11.7. The predicted molar refractivity (Wildman–Crippen MR) is 209 cm³/mol. The van der Waals surface area contributed by atoms with Crippen molar-refractivity contribution < 1.29 is 0 Å². The van der Waals surface area contributed by atoms with Crippen LogP contribution in [0.25, 0.3) is 50.6 Å². The molecule has 0 N–H and O–H groups in total. The van der Waals surface area contributed by atoms with Crippen molar-refractivity contribution in [2.75, 3.05) is 0 Å². The number of benzene rings is 6. The molecule has 0 saturated heterocycles. The first-order valence-electron chi connectivity index (χ1n) is 17.4. The fourth-order valence-electron chi connectivity index (χ4n) is 8.47. The standard InChI is InChI=1S/C47H33N3S/c1-30-23-28-35(31(2)49-30)46-48-29-42(33-13-4-3-5-14-33)50(46)34-26-24-32(25-27-34)36-16-12-20-41-45(36)37-15-6-7-17-38(37)47(41)39-18-8-10-21-43(39)51-44-22-11-9-19-40(44)47/h3-29H,1-2H3. The molecule has 4 heteroatoms. The summed E-state index contributed by atoms with van der Waals surface area (Å²) in [5.41, 5.74) is 16.3. The molecular formula is C47H33N3S. The third kappa shape index (κ3) is 4.40. The van der Waals surface area contributed by atoms with Crippen molar-refractivity contribution in [2.24, 2.45) is 0 Å². The van der Waals surface area contributed by atoms with Crippen molar-refractivity contribution in [1.82, 2.24) is 14.5 Å². The monoisotopic (exact) mass is 671 g/mol. The highest BCUT2D eigenvalue weighted by atomic mass is 32.2. The summed E-state index contributed by atoms with van der Waals surface area (Å²) >= 11 is 1.88. The number of fused-ring (bicyclic) bond motifs is 9. The van der Waals surface area contributed by atoms with Gasteiger partial charge < -0.3 is 0 Å². The summed E-state index contributed by atoms with van der Waals surface area (Å²) in [5, 5.41) is 0. The van der Waals surface area contributed by atoms with Crippen LogP contribution in [-0.4, -0.2) is 14.5 Å². The number of pyridine rings is 1. The molecule has 1 aliphatic heterocycles. The lowest BCUT2D eigenvalue weighted by Gasteiger charge is -2.39. The van der Waals surface area contributed by atoms with Gasteiger partial charge in [-0.2, -0.15) is 0 Å². The molecule has 10 rings (SSSR count). The molecule has 8 aromatic rings. The minimum absolute atomic E-state index is 0.392. The van der Waals surface area contributed by atoms with Gasteiger partial charge in [-0.3, -0.25) is 9.55 Å². The van der Waals surface area contributed by atoms with Gasteiger partial charge in [-0.05, 0) is 94.8 Å². The maximum absolute atomic E-state index is 4.99. The lowest BCUT2D eigenvalue weighted by atomic mass is 9.67. The van der Waals surface area contributed by atoms with Gasteiger partial charge in [0, 0.05) is 38.0 Å². The number of aryl methyl sites for hydroxylation is 2.